The Kier molecular flexibility index (Phi) is 4.45. The van der Waals surface area contributed by atoms with Crippen LogP contribution in [0.2, 0.25) is 0 Å². The Morgan fingerprint density at radius 3 is 2.36 bits per heavy atom. The molecule has 4 aromatic rings. The zero-order valence-electron chi connectivity index (χ0n) is 15.4. The van der Waals surface area contributed by atoms with Crippen molar-refractivity contribution in [2.75, 3.05) is 0 Å². The number of fused-ring (bicyclic) bond motifs is 1. The second-order valence-electron chi connectivity index (χ2n) is 6.97. The average Bonchev–Trinajstić information content (AvgIpc) is 3.27. The van der Waals surface area contributed by atoms with Gasteiger partial charge in [0.2, 0.25) is 5.89 Å². The number of alkyl halides is 3. The molecule has 0 N–H and O–H groups in total. The summed E-state index contributed by atoms with van der Waals surface area (Å²) >= 11 is 0. The van der Waals surface area contributed by atoms with Gasteiger partial charge in [0.25, 0.3) is 5.89 Å². The van der Waals surface area contributed by atoms with Crippen LogP contribution in [0.1, 0.15) is 36.8 Å². The summed E-state index contributed by atoms with van der Waals surface area (Å²) in [6.07, 6.45) is -4.35. The molecule has 0 unspecified atom stereocenters. The fourth-order valence-corrected chi connectivity index (χ4v) is 3.11. The molecule has 0 atom stereocenters. The highest BCUT2D eigenvalue weighted by Gasteiger charge is 2.30. The van der Waals surface area contributed by atoms with Crippen molar-refractivity contribution in [1.29, 1.82) is 0 Å². The van der Waals surface area contributed by atoms with Gasteiger partial charge in [-0.25, -0.2) is 0 Å². The van der Waals surface area contributed by atoms with Gasteiger partial charge in [-0.15, -0.1) is 10.2 Å². The quantitative estimate of drug-likeness (QED) is 0.440. The first-order valence-electron chi connectivity index (χ1n) is 8.91. The van der Waals surface area contributed by atoms with Crippen molar-refractivity contribution in [3.63, 3.8) is 0 Å². The van der Waals surface area contributed by atoms with E-state index in [-0.39, 0.29) is 5.92 Å². The summed E-state index contributed by atoms with van der Waals surface area (Å²) in [5.74, 6) is 1.04. The molecule has 2 heterocycles. The van der Waals surface area contributed by atoms with Gasteiger partial charge in [-0.1, -0.05) is 44.2 Å². The Labute approximate surface area is 159 Å². The maximum absolute atomic E-state index is 12.8. The van der Waals surface area contributed by atoms with Gasteiger partial charge in [-0.3, -0.25) is 0 Å². The minimum absolute atomic E-state index is 0.106. The van der Waals surface area contributed by atoms with Crippen LogP contribution in [0, 0.1) is 0 Å². The predicted octanol–water partition coefficient (Wildman–Crippen LogP) is 5.88. The molecular formula is C21H18F3N3O. The van der Waals surface area contributed by atoms with E-state index in [0.29, 0.717) is 18.3 Å². The molecule has 2 aromatic heterocycles. The minimum Gasteiger partial charge on any atom is -0.419 e. The van der Waals surface area contributed by atoms with Gasteiger partial charge < -0.3 is 8.98 Å². The number of halogens is 3. The smallest absolute Gasteiger partial charge is 0.416 e. The van der Waals surface area contributed by atoms with E-state index in [1.54, 1.807) is 0 Å². The van der Waals surface area contributed by atoms with Crippen LogP contribution in [0.5, 0.6) is 0 Å². The maximum Gasteiger partial charge on any atom is 0.416 e. The van der Waals surface area contributed by atoms with E-state index in [1.165, 1.54) is 12.1 Å². The number of hydrogen-bond acceptors (Lipinski definition) is 3. The molecule has 0 fully saturated rings. The molecule has 0 spiro atoms. The average molecular weight is 385 g/mol. The van der Waals surface area contributed by atoms with Gasteiger partial charge in [-0.05, 0) is 29.8 Å². The van der Waals surface area contributed by atoms with E-state index < -0.39 is 11.7 Å². The molecule has 144 valence electrons. The van der Waals surface area contributed by atoms with E-state index in [2.05, 4.69) is 10.2 Å². The minimum atomic E-state index is -4.35. The van der Waals surface area contributed by atoms with E-state index in [1.807, 2.05) is 48.7 Å². The molecule has 0 aliphatic rings. The zero-order chi connectivity index (χ0) is 19.9. The van der Waals surface area contributed by atoms with Crippen molar-refractivity contribution in [3.8, 4) is 11.6 Å². The molecule has 0 saturated carbocycles. The second kappa shape index (κ2) is 6.82. The SMILES string of the molecule is CC(C)c1nnc(-c2cc3ccccc3n2Cc2ccc(C(F)(F)F)cc2)o1. The lowest BCUT2D eigenvalue weighted by Gasteiger charge is -2.11. The van der Waals surface area contributed by atoms with Crippen LogP contribution in [0.15, 0.2) is 59.0 Å². The number of aromatic nitrogens is 3. The first-order chi connectivity index (χ1) is 13.3. The van der Waals surface area contributed by atoms with Crippen LogP contribution in [0.3, 0.4) is 0 Å². The molecular weight excluding hydrogens is 367 g/mol. The first-order valence-corrected chi connectivity index (χ1v) is 8.91. The van der Waals surface area contributed by atoms with Gasteiger partial charge in [0.1, 0.15) is 5.69 Å². The van der Waals surface area contributed by atoms with Crippen molar-refractivity contribution in [1.82, 2.24) is 14.8 Å². The highest BCUT2D eigenvalue weighted by Crippen LogP contribution is 2.31. The van der Waals surface area contributed by atoms with Crippen LogP contribution >= 0.6 is 0 Å². The predicted molar refractivity (Wildman–Crippen MR) is 99.9 cm³/mol. The van der Waals surface area contributed by atoms with E-state index >= 15 is 0 Å². The van der Waals surface area contributed by atoms with Crippen LogP contribution < -0.4 is 0 Å². The summed E-state index contributed by atoms with van der Waals surface area (Å²) < 4.78 is 46.3. The van der Waals surface area contributed by atoms with Gasteiger partial charge in [0.05, 0.1) is 5.56 Å². The highest BCUT2D eigenvalue weighted by molar-refractivity contribution is 5.85. The Bertz CT molecular complexity index is 1110. The molecule has 0 aliphatic heterocycles. The third-order valence-electron chi connectivity index (χ3n) is 4.59. The number of hydrogen-bond donors (Lipinski definition) is 0. The molecule has 4 rings (SSSR count). The summed E-state index contributed by atoms with van der Waals surface area (Å²) in [6.45, 7) is 4.32. The lowest BCUT2D eigenvalue weighted by molar-refractivity contribution is -0.137. The van der Waals surface area contributed by atoms with Crippen molar-refractivity contribution in [3.05, 3.63) is 71.6 Å². The topological polar surface area (TPSA) is 43.9 Å². The monoisotopic (exact) mass is 385 g/mol. The van der Waals surface area contributed by atoms with Crippen molar-refractivity contribution in [2.24, 2.45) is 0 Å². The van der Waals surface area contributed by atoms with Crippen LogP contribution in [-0.4, -0.2) is 14.8 Å². The van der Waals surface area contributed by atoms with Gasteiger partial charge in [-0.2, -0.15) is 13.2 Å². The fraction of sp³-hybridized carbons (Fsp3) is 0.238. The Hall–Kier alpha value is -3.09. The number of rotatable bonds is 4. The summed E-state index contributed by atoms with van der Waals surface area (Å²) in [7, 11) is 0. The van der Waals surface area contributed by atoms with Gasteiger partial charge >= 0.3 is 6.18 Å². The third kappa shape index (κ3) is 3.40. The van der Waals surface area contributed by atoms with E-state index in [0.717, 1.165) is 34.3 Å². The molecule has 7 heteroatoms. The van der Waals surface area contributed by atoms with Crippen molar-refractivity contribution < 1.29 is 17.6 Å². The fourth-order valence-electron chi connectivity index (χ4n) is 3.11. The Morgan fingerprint density at radius 2 is 1.71 bits per heavy atom. The Morgan fingerprint density at radius 1 is 1.00 bits per heavy atom. The molecule has 0 aliphatic carbocycles. The second-order valence-corrected chi connectivity index (χ2v) is 6.97. The first kappa shape index (κ1) is 18.3. The van der Waals surface area contributed by atoms with E-state index in [4.69, 9.17) is 4.42 Å². The maximum atomic E-state index is 12.8. The van der Waals surface area contributed by atoms with Gasteiger partial charge in [0.15, 0.2) is 0 Å². The molecule has 28 heavy (non-hydrogen) atoms. The lowest BCUT2D eigenvalue weighted by atomic mass is 10.1. The standard InChI is InChI=1S/C21H18F3N3O/c1-13(2)19-25-26-20(28-19)18-11-15-5-3-4-6-17(15)27(18)12-14-7-9-16(10-8-14)21(22,23)24/h3-11,13H,12H2,1-2H3. The lowest BCUT2D eigenvalue weighted by Crippen LogP contribution is -2.06. The molecule has 0 radical (unpaired) electrons. The van der Waals surface area contributed by atoms with Gasteiger partial charge in [0, 0.05) is 23.4 Å². The molecule has 0 bridgehead atoms. The molecule has 0 saturated heterocycles. The van der Waals surface area contributed by atoms with Crippen molar-refractivity contribution >= 4 is 10.9 Å². The van der Waals surface area contributed by atoms with Crippen LogP contribution in [0.4, 0.5) is 13.2 Å². The molecule has 4 nitrogen and oxygen atoms in total. The number of benzene rings is 2. The summed E-state index contributed by atoms with van der Waals surface area (Å²) in [4.78, 5) is 0. The van der Waals surface area contributed by atoms with E-state index in [9.17, 15) is 13.2 Å². The van der Waals surface area contributed by atoms with Crippen LogP contribution in [0.25, 0.3) is 22.5 Å². The van der Waals surface area contributed by atoms with Crippen molar-refractivity contribution in [2.45, 2.75) is 32.5 Å². The number of nitrogens with zero attached hydrogens (tertiary/aromatic N) is 3. The normalized spacial score (nSPS) is 12.2. The summed E-state index contributed by atoms with van der Waals surface area (Å²) in [5.41, 5.74) is 1.77. The summed E-state index contributed by atoms with van der Waals surface area (Å²) in [6, 6.07) is 14.9. The van der Waals surface area contributed by atoms with Crippen LogP contribution in [-0.2, 0) is 12.7 Å². The highest BCUT2D eigenvalue weighted by atomic mass is 19.4. The largest absolute Gasteiger partial charge is 0.419 e. The molecule has 0 amide bonds. The summed E-state index contributed by atoms with van der Waals surface area (Å²) in [5, 5.41) is 9.25. The third-order valence-corrected chi connectivity index (χ3v) is 4.59. The Balaban J connectivity index is 1.77. The number of para-hydroxylation sites is 1. The molecule has 2 aromatic carbocycles. The zero-order valence-corrected chi connectivity index (χ0v) is 15.4.